The Labute approximate surface area is 108 Å². The van der Waals surface area contributed by atoms with E-state index in [2.05, 4.69) is 0 Å². The number of rotatable bonds is 3. The van der Waals surface area contributed by atoms with E-state index in [9.17, 15) is 18.7 Å². The number of hydrogen-bond donors (Lipinski definition) is 1. The molecule has 0 unspecified atom stereocenters. The summed E-state index contributed by atoms with van der Waals surface area (Å²) in [4.78, 5) is 13.8. The van der Waals surface area contributed by atoms with Crippen LogP contribution in [0.5, 0.6) is 0 Å². The van der Waals surface area contributed by atoms with Gasteiger partial charge in [0.1, 0.15) is 0 Å². The van der Waals surface area contributed by atoms with Gasteiger partial charge in [-0.05, 0) is 19.1 Å². The maximum atomic E-state index is 12.4. The van der Waals surface area contributed by atoms with Crippen LogP contribution in [0.25, 0.3) is 0 Å². The lowest BCUT2D eigenvalue weighted by atomic mass is 9.96. The molecular formula is C12H13F2NO2S. The first-order valence-corrected chi connectivity index (χ1v) is 6.32. The molecule has 1 aromatic rings. The third kappa shape index (κ3) is 2.81. The van der Waals surface area contributed by atoms with Crippen LogP contribution < -0.4 is 0 Å². The zero-order chi connectivity index (χ0) is 13.3. The molecule has 98 valence electrons. The third-order valence-electron chi connectivity index (χ3n) is 2.68. The average Bonchev–Trinajstić information content (AvgIpc) is 2.25. The van der Waals surface area contributed by atoms with Crippen LogP contribution in [0.2, 0.25) is 0 Å². The van der Waals surface area contributed by atoms with Crippen molar-refractivity contribution in [2.24, 2.45) is 0 Å². The number of carbonyl (C=O) groups excluding carboxylic acids is 1. The number of aliphatic hydroxyl groups is 1. The van der Waals surface area contributed by atoms with Gasteiger partial charge in [0.05, 0.1) is 24.3 Å². The van der Waals surface area contributed by atoms with Crippen molar-refractivity contribution < 1.29 is 18.7 Å². The van der Waals surface area contributed by atoms with E-state index in [-0.39, 0.29) is 29.5 Å². The smallest absolute Gasteiger partial charge is 0.288 e. The number of thioether (sulfide) groups is 1. The summed E-state index contributed by atoms with van der Waals surface area (Å²) in [6.07, 6.45) is 0. The second-order valence-corrected chi connectivity index (χ2v) is 5.56. The molecule has 0 saturated carbocycles. The molecule has 0 radical (unpaired) electrons. The highest BCUT2D eigenvalue weighted by molar-refractivity contribution is 7.99. The Morgan fingerprint density at radius 2 is 2.06 bits per heavy atom. The van der Waals surface area contributed by atoms with Crippen LogP contribution >= 0.6 is 11.8 Å². The summed E-state index contributed by atoms with van der Waals surface area (Å²) in [5.41, 5.74) is -0.598. The van der Waals surface area contributed by atoms with Crippen LogP contribution in [-0.2, 0) is 0 Å². The van der Waals surface area contributed by atoms with Crippen LogP contribution in [0.1, 0.15) is 17.3 Å². The molecule has 0 atom stereocenters. The SMILES string of the molecule is CC1(O)CN(C(=O)c2ccccc2SC(F)F)C1. The summed E-state index contributed by atoms with van der Waals surface area (Å²) in [5, 5.41) is 9.58. The fourth-order valence-corrected chi connectivity index (χ4v) is 2.56. The monoisotopic (exact) mass is 273 g/mol. The van der Waals surface area contributed by atoms with Crippen molar-refractivity contribution in [1.82, 2.24) is 4.90 Å². The van der Waals surface area contributed by atoms with Crippen LogP contribution in [0, 0.1) is 0 Å². The lowest BCUT2D eigenvalue weighted by Crippen LogP contribution is -2.61. The molecule has 1 aliphatic heterocycles. The predicted molar refractivity (Wildman–Crippen MR) is 64.8 cm³/mol. The standard InChI is InChI=1S/C12H13F2NO2S/c1-12(17)6-15(7-12)10(16)8-4-2-3-5-9(8)18-11(13)14/h2-5,11,17H,6-7H2,1H3. The Kier molecular flexibility index (Phi) is 3.59. The van der Waals surface area contributed by atoms with Crippen LogP contribution in [0.15, 0.2) is 29.2 Å². The van der Waals surface area contributed by atoms with Gasteiger partial charge in [0.15, 0.2) is 0 Å². The van der Waals surface area contributed by atoms with Crippen molar-refractivity contribution in [2.45, 2.75) is 23.2 Å². The number of benzene rings is 1. The quantitative estimate of drug-likeness (QED) is 0.858. The van der Waals surface area contributed by atoms with Gasteiger partial charge in [0.2, 0.25) is 0 Å². The topological polar surface area (TPSA) is 40.5 Å². The summed E-state index contributed by atoms with van der Waals surface area (Å²) < 4.78 is 24.8. The second-order valence-electron chi connectivity index (χ2n) is 4.53. The summed E-state index contributed by atoms with van der Waals surface area (Å²) in [6, 6.07) is 6.29. The van der Waals surface area contributed by atoms with Crippen molar-refractivity contribution >= 4 is 17.7 Å². The van der Waals surface area contributed by atoms with Crippen LogP contribution in [0.4, 0.5) is 8.78 Å². The van der Waals surface area contributed by atoms with Gasteiger partial charge in [-0.25, -0.2) is 0 Å². The van der Waals surface area contributed by atoms with Crippen LogP contribution in [-0.4, -0.2) is 40.4 Å². The third-order valence-corrected chi connectivity index (χ3v) is 3.47. The van der Waals surface area contributed by atoms with Crippen molar-refractivity contribution in [3.8, 4) is 0 Å². The fourth-order valence-electron chi connectivity index (χ4n) is 1.93. The molecule has 0 spiro atoms. The minimum Gasteiger partial charge on any atom is -0.386 e. The van der Waals surface area contributed by atoms with Gasteiger partial charge in [-0.1, -0.05) is 23.9 Å². The van der Waals surface area contributed by atoms with Gasteiger partial charge < -0.3 is 10.0 Å². The van der Waals surface area contributed by atoms with Gasteiger partial charge in [-0.15, -0.1) is 0 Å². The largest absolute Gasteiger partial charge is 0.386 e. The van der Waals surface area contributed by atoms with Gasteiger partial charge in [-0.2, -0.15) is 8.78 Å². The molecule has 1 saturated heterocycles. The number of amides is 1. The number of likely N-dealkylation sites (tertiary alicyclic amines) is 1. The summed E-state index contributed by atoms with van der Waals surface area (Å²) >= 11 is 0.362. The van der Waals surface area contributed by atoms with Gasteiger partial charge >= 0.3 is 0 Å². The summed E-state index contributed by atoms with van der Waals surface area (Å²) in [6.45, 7) is 2.11. The highest BCUT2D eigenvalue weighted by Gasteiger charge is 2.40. The second kappa shape index (κ2) is 4.85. The number of alkyl halides is 2. The van der Waals surface area contributed by atoms with E-state index in [1.807, 2.05) is 0 Å². The molecule has 0 aliphatic carbocycles. The fraction of sp³-hybridized carbons (Fsp3) is 0.417. The first-order chi connectivity index (χ1) is 8.39. The number of hydrogen-bond acceptors (Lipinski definition) is 3. The molecule has 6 heteroatoms. The van der Waals surface area contributed by atoms with Gasteiger partial charge in [0.25, 0.3) is 11.7 Å². The van der Waals surface area contributed by atoms with Crippen molar-refractivity contribution in [3.05, 3.63) is 29.8 Å². The Bertz CT molecular complexity index is 457. The van der Waals surface area contributed by atoms with E-state index in [1.165, 1.54) is 17.0 Å². The van der Waals surface area contributed by atoms with E-state index in [0.29, 0.717) is 11.8 Å². The maximum Gasteiger partial charge on any atom is 0.288 e. The molecule has 1 N–H and O–H groups in total. The first-order valence-electron chi connectivity index (χ1n) is 5.44. The number of carbonyl (C=O) groups is 1. The Hall–Kier alpha value is -1.14. The summed E-state index contributed by atoms with van der Waals surface area (Å²) in [5.74, 6) is -2.87. The van der Waals surface area contributed by atoms with E-state index in [1.54, 1.807) is 19.1 Å². The van der Waals surface area contributed by atoms with Crippen LogP contribution in [0.3, 0.4) is 0 Å². The molecule has 3 nitrogen and oxygen atoms in total. The lowest BCUT2D eigenvalue weighted by molar-refractivity contribution is -0.0669. The molecule has 1 amide bonds. The molecule has 1 aliphatic rings. The molecule has 0 bridgehead atoms. The molecule has 0 aromatic heterocycles. The predicted octanol–water partition coefficient (Wildman–Crippen LogP) is 2.21. The van der Waals surface area contributed by atoms with E-state index in [4.69, 9.17) is 0 Å². The zero-order valence-electron chi connectivity index (χ0n) is 9.77. The van der Waals surface area contributed by atoms with E-state index < -0.39 is 11.4 Å². The number of halogens is 2. The van der Waals surface area contributed by atoms with Gasteiger partial charge in [0, 0.05) is 4.90 Å². The Balaban J connectivity index is 2.15. The average molecular weight is 273 g/mol. The van der Waals surface area contributed by atoms with Crippen molar-refractivity contribution in [2.75, 3.05) is 13.1 Å². The highest BCUT2D eigenvalue weighted by Crippen LogP contribution is 2.31. The van der Waals surface area contributed by atoms with E-state index >= 15 is 0 Å². The Morgan fingerprint density at radius 1 is 1.44 bits per heavy atom. The van der Waals surface area contributed by atoms with E-state index in [0.717, 1.165) is 0 Å². The molecular weight excluding hydrogens is 260 g/mol. The Morgan fingerprint density at radius 3 is 2.61 bits per heavy atom. The van der Waals surface area contributed by atoms with Gasteiger partial charge in [-0.3, -0.25) is 4.79 Å². The molecule has 1 heterocycles. The number of nitrogens with zero attached hydrogens (tertiary/aromatic N) is 1. The molecule has 1 aromatic carbocycles. The maximum absolute atomic E-state index is 12.4. The lowest BCUT2D eigenvalue weighted by Gasteiger charge is -2.44. The summed E-state index contributed by atoms with van der Waals surface area (Å²) in [7, 11) is 0. The van der Waals surface area contributed by atoms with Crippen molar-refractivity contribution in [3.63, 3.8) is 0 Å². The first kappa shape index (κ1) is 13.3. The number of β-amino-alcohol motifs (C(OH)–C–C–N with tert-alkyl or cyclic N) is 1. The molecule has 1 fully saturated rings. The normalized spacial score (nSPS) is 17.7. The molecule has 2 rings (SSSR count). The zero-order valence-corrected chi connectivity index (χ0v) is 10.6. The highest BCUT2D eigenvalue weighted by atomic mass is 32.2. The minimum absolute atomic E-state index is 0.236. The minimum atomic E-state index is -2.56. The molecule has 18 heavy (non-hydrogen) atoms. The van der Waals surface area contributed by atoms with Crippen molar-refractivity contribution in [1.29, 1.82) is 0 Å².